The predicted octanol–water partition coefficient (Wildman–Crippen LogP) is 3.78. The van der Waals surface area contributed by atoms with Gasteiger partial charge < -0.3 is 54.1 Å². The Balaban J connectivity index is 1.40. The molecule has 2 aromatic rings. The van der Waals surface area contributed by atoms with Crippen molar-refractivity contribution in [2.24, 2.45) is 28.8 Å². The Morgan fingerprint density at radius 1 is 1.09 bits per heavy atom. The largest absolute Gasteiger partial charge is 0.459 e. The molecule has 3 saturated heterocycles. The fourth-order valence-electron chi connectivity index (χ4n) is 10.3. The Labute approximate surface area is 413 Å². The predicted molar refractivity (Wildman–Crippen MR) is 257 cm³/mol. The Bertz CT molecular complexity index is 2160. The summed E-state index contributed by atoms with van der Waals surface area (Å²) in [6.45, 7) is 14.5. The van der Waals surface area contributed by atoms with E-state index in [1.807, 2.05) is 25.8 Å². The van der Waals surface area contributed by atoms with Crippen LogP contribution in [0.3, 0.4) is 0 Å². The summed E-state index contributed by atoms with van der Waals surface area (Å²) in [4.78, 5) is 36.5. The number of piperidine rings is 1. The van der Waals surface area contributed by atoms with Gasteiger partial charge in [0.15, 0.2) is 21.9 Å². The van der Waals surface area contributed by atoms with E-state index < -0.39 is 118 Å². The zero-order valence-electron chi connectivity index (χ0n) is 43.0. The summed E-state index contributed by atoms with van der Waals surface area (Å²) in [6, 6.07) is 4.68. The number of hydrogen-bond acceptors (Lipinski definition) is 18. The number of aliphatic hydroxyl groups is 3. The quantitative estimate of drug-likeness (QED) is 0.106. The first-order chi connectivity index (χ1) is 32.9. The monoisotopic (exact) mass is 1010 g/mol. The van der Waals surface area contributed by atoms with Crippen molar-refractivity contribution in [1.82, 2.24) is 25.2 Å². The maximum Gasteiger partial charge on any atom is 0.316 e. The van der Waals surface area contributed by atoms with Crippen molar-refractivity contribution < 1.29 is 66.2 Å². The van der Waals surface area contributed by atoms with Crippen LogP contribution < -0.4 is 5.32 Å². The highest BCUT2D eigenvalue weighted by Gasteiger charge is 2.52. The molecule has 3 fully saturated rings. The topological polar surface area (TPSA) is 243 Å². The normalized spacial score (nSPS) is 35.8. The third kappa shape index (κ3) is 13.4. The molecule has 4 heterocycles. The molecule has 0 unspecified atom stereocenters. The molecule has 5 rings (SSSR count). The summed E-state index contributed by atoms with van der Waals surface area (Å²) in [5.41, 5.74) is -1.71. The summed E-state index contributed by atoms with van der Waals surface area (Å²) >= 11 is 0. The first kappa shape index (κ1) is 57.4. The van der Waals surface area contributed by atoms with Gasteiger partial charge in [0.25, 0.3) is 0 Å². The molecule has 70 heavy (non-hydrogen) atoms. The molecule has 396 valence electrons. The highest BCUT2D eigenvalue weighted by atomic mass is 32.2. The number of carbonyl (C=O) groups excluding carboxylic acids is 2. The lowest BCUT2D eigenvalue weighted by atomic mass is 9.74. The molecular weight excluding hydrogens is 932 g/mol. The Morgan fingerprint density at radius 2 is 1.77 bits per heavy atom. The van der Waals surface area contributed by atoms with Crippen molar-refractivity contribution in [3.63, 3.8) is 0 Å². The second-order valence-corrected chi connectivity index (χ2v) is 22.2. The lowest BCUT2D eigenvalue weighted by Crippen LogP contribution is -2.60. The summed E-state index contributed by atoms with van der Waals surface area (Å²) in [6.07, 6.45) is -2.19. The molecule has 4 N–H and O–H groups in total. The number of nitrogens with zero attached hydrogens (tertiary/aromatic N) is 5. The average Bonchev–Trinajstić information content (AvgIpc) is 3.81. The number of hydrogen-bond donors (Lipinski definition) is 4. The number of carbonyl (C=O) groups is 2. The molecular formula is C49H79FN6O13S. The van der Waals surface area contributed by atoms with E-state index in [4.69, 9.17) is 28.5 Å². The molecule has 0 radical (unpaired) electrons. The van der Waals surface area contributed by atoms with Gasteiger partial charge in [0.05, 0.1) is 40.2 Å². The summed E-state index contributed by atoms with van der Waals surface area (Å²) in [5.74, 6) is -5.04. The van der Waals surface area contributed by atoms with Gasteiger partial charge in [-0.15, -0.1) is 5.10 Å². The van der Waals surface area contributed by atoms with Gasteiger partial charge in [0, 0.05) is 70.0 Å². The van der Waals surface area contributed by atoms with Crippen LogP contribution in [0.25, 0.3) is 0 Å². The van der Waals surface area contributed by atoms with Crippen LogP contribution in [0, 0.1) is 23.7 Å². The fourth-order valence-corrected chi connectivity index (χ4v) is 11.0. The lowest BCUT2D eigenvalue weighted by molar-refractivity contribution is -0.295. The minimum Gasteiger partial charge on any atom is -0.459 e. The Morgan fingerprint density at radius 3 is 2.36 bits per heavy atom. The number of cyclic esters (lactones) is 1. The highest BCUT2D eigenvalue weighted by Crippen LogP contribution is 2.39. The number of nitrogens with one attached hydrogen (secondary N) is 1. The van der Waals surface area contributed by atoms with Crippen molar-refractivity contribution in [1.29, 1.82) is 0 Å². The van der Waals surface area contributed by atoms with E-state index in [0.717, 1.165) is 25.6 Å². The van der Waals surface area contributed by atoms with Crippen molar-refractivity contribution in [2.45, 2.75) is 171 Å². The van der Waals surface area contributed by atoms with Crippen molar-refractivity contribution in [2.75, 3.05) is 53.8 Å². The van der Waals surface area contributed by atoms with Crippen LogP contribution in [0.1, 0.15) is 111 Å². The SMILES string of the molecule is CC[C@H]1OC(=O)[C@H](C)C(=O)[C@H](C)[C@@H](O[C@@H]2O[C@H](C)C[C@H](N(C)CCc3cn([C@H](CF)[C@H](OC)c4ccc(S(C)(=O)=O)cc4)nn3)[C@H]2O)[C@](C)(OC)C[C@@H](C)/C(=N\O[C@@H]2CCCNC2)[C@H](C)[C@@H](O)[C@]1(C)O. The van der Waals surface area contributed by atoms with E-state index >= 15 is 0 Å². The molecule has 3 aliphatic heterocycles. The number of benzene rings is 1. The molecule has 16 atom stereocenters. The molecule has 0 amide bonds. The van der Waals surface area contributed by atoms with E-state index in [9.17, 15) is 37.7 Å². The average molecular weight is 1010 g/mol. The molecule has 1 aromatic heterocycles. The van der Waals surface area contributed by atoms with Crippen molar-refractivity contribution in [3.05, 3.63) is 41.7 Å². The number of esters is 1. The number of sulfone groups is 1. The number of halogens is 1. The number of ketones is 1. The van der Waals surface area contributed by atoms with Crippen LogP contribution in [0.2, 0.25) is 0 Å². The van der Waals surface area contributed by atoms with Gasteiger partial charge in [-0.05, 0) is 91.1 Å². The molecule has 21 heteroatoms. The molecule has 0 spiro atoms. The number of likely N-dealkylation sites (N-methyl/N-ethyl adjacent to an activating group) is 1. The molecule has 0 bridgehead atoms. The lowest BCUT2D eigenvalue weighted by Gasteiger charge is -2.47. The third-order valence-corrected chi connectivity index (χ3v) is 16.0. The summed E-state index contributed by atoms with van der Waals surface area (Å²) in [5, 5.41) is 52.4. The third-order valence-electron chi connectivity index (χ3n) is 14.8. The van der Waals surface area contributed by atoms with Gasteiger partial charge in [-0.2, -0.15) is 0 Å². The maximum absolute atomic E-state index is 14.7. The number of aromatic nitrogens is 3. The van der Waals surface area contributed by atoms with Gasteiger partial charge in [-0.25, -0.2) is 17.5 Å². The standard InChI is InChI=1S/C49H79FN6O13S/c1-13-39-49(8,61)44(59)30(4)40(53-69-35-15-14-21-51-26-35)28(2)24-48(7,65-11)45(31(5)41(57)32(6)46(60)67-39)68-47-42(58)37(23-29(3)66-47)55(9)22-20-34-27-56(54-52-34)38(25-50)43(64-10)33-16-18-36(19-17-33)70(12,62)63/h16-19,27-32,35,37-39,42-45,47,51,58-59,61H,13-15,20-26H2,1-12H3/b53-40+/t28-,29-,30+,31+,32-,35-,37+,38-,39-,42-,43-,44-,45-,47+,48-,49-/m1/s1. The van der Waals surface area contributed by atoms with E-state index in [-0.39, 0.29) is 23.8 Å². The second-order valence-electron chi connectivity index (χ2n) is 20.2. The summed E-state index contributed by atoms with van der Waals surface area (Å²) < 4.78 is 71.1. The van der Waals surface area contributed by atoms with E-state index in [1.54, 1.807) is 46.0 Å². The number of methoxy groups -OCH3 is 2. The maximum atomic E-state index is 14.7. The van der Waals surface area contributed by atoms with E-state index in [0.29, 0.717) is 42.9 Å². The van der Waals surface area contributed by atoms with E-state index in [2.05, 4.69) is 20.8 Å². The highest BCUT2D eigenvalue weighted by molar-refractivity contribution is 7.90. The molecule has 1 aromatic carbocycles. The zero-order chi connectivity index (χ0) is 51.9. The van der Waals surface area contributed by atoms with Gasteiger partial charge in [0.2, 0.25) is 0 Å². The second kappa shape index (κ2) is 24.5. The fraction of sp³-hybridized carbons (Fsp3) is 0.776. The first-order valence-electron chi connectivity index (χ1n) is 24.5. The molecule has 0 aliphatic carbocycles. The van der Waals surface area contributed by atoms with Gasteiger partial charge in [-0.3, -0.25) is 9.59 Å². The van der Waals surface area contributed by atoms with Crippen LogP contribution in [0.4, 0.5) is 4.39 Å². The van der Waals surface area contributed by atoms with Gasteiger partial charge in [-0.1, -0.05) is 50.2 Å². The number of aliphatic hydroxyl groups excluding tert-OH is 2. The van der Waals surface area contributed by atoms with E-state index in [1.165, 1.54) is 44.9 Å². The number of rotatable bonds is 16. The number of oxime groups is 1. The first-order valence-corrected chi connectivity index (χ1v) is 26.4. The van der Waals surface area contributed by atoms with Gasteiger partial charge >= 0.3 is 5.97 Å². The molecule has 0 saturated carbocycles. The zero-order valence-corrected chi connectivity index (χ0v) is 43.8. The van der Waals surface area contributed by atoms with Crippen LogP contribution in [-0.2, 0) is 54.4 Å². The smallest absolute Gasteiger partial charge is 0.316 e. The minimum absolute atomic E-state index is 0.132. The molecule has 3 aliphatic rings. The van der Waals surface area contributed by atoms with Crippen molar-refractivity contribution >= 4 is 27.3 Å². The van der Waals surface area contributed by atoms with Crippen molar-refractivity contribution in [3.8, 4) is 0 Å². The van der Waals surface area contributed by atoms with Crippen LogP contribution in [0.5, 0.6) is 0 Å². The number of ether oxygens (including phenoxy) is 5. The Hall–Kier alpha value is -3.51. The molecule has 19 nitrogen and oxygen atoms in total. The minimum atomic E-state index is -3.43. The number of alkyl halides is 1. The van der Waals surface area contributed by atoms with Gasteiger partial charge in [0.1, 0.15) is 48.7 Å². The number of Topliss-reactive ketones (excluding diaryl/α,β-unsaturated/α-hetero) is 1. The summed E-state index contributed by atoms with van der Waals surface area (Å²) in [7, 11) is 1.35. The Kier molecular flexibility index (Phi) is 20.1. The van der Waals surface area contributed by atoms with Crippen LogP contribution >= 0.6 is 0 Å². The van der Waals surface area contributed by atoms with Crippen LogP contribution in [-0.4, -0.2) is 175 Å². The van der Waals surface area contributed by atoms with Crippen LogP contribution in [0.15, 0.2) is 40.5 Å².